The molecule has 1 aromatic rings. The molecule has 4 heteroatoms. The molecule has 0 aromatic heterocycles. The summed E-state index contributed by atoms with van der Waals surface area (Å²) in [6, 6.07) is 10.6. The van der Waals surface area contributed by atoms with Gasteiger partial charge in [0, 0.05) is 45.8 Å². The summed E-state index contributed by atoms with van der Waals surface area (Å²) in [7, 11) is 2.20. The molecule has 3 heterocycles. The smallest absolute Gasteiger partial charge is 0.0110 e. The standard InChI is InChI=1S/C10H14.C9H20N2.C9H19N.C8H17N/c1-9(2)8-10-6-4-3-5-7-10;1-9(2)8-11-6-4-10(3)5-7-11;1-9(2)8-10-6-4-3-5-7-10;1-8(2)7-9-5-3-4-6-9/h3-7,9H,8H2,1-2H3;9H,4-8H2,1-3H3;9H,3-8H2,1-2H3;8H,3-7H2,1-2H3. The summed E-state index contributed by atoms with van der Waals surface area (Å²) in [6.07, 6.45) is 8.34. The van der Waals surface area contributed by atoms with Crippen molar-refractivity contribution >= 4 is 0 Å². The fraction of sp³-hybridized carbons (Fsp3) is 0.833. The van der Waals surface area contributed by atoms with E-state index in [4.69, 9.17) is 0 Å². The third kappa shape index (κ3) is 20.9. The number of hydrogen-bond donors (Lipinski definition) is 0. The van der Waals surface area contributed by atoms with Crippen LogP contribution in [0.1, 0.15) is 93.1 Å². The fourth-order valence-corrected chi connectivity index (χ4v) is 5.77. The van der Waals surface area contributed by atoms with E-state index in [-0.39, 0.29) is 0 Å². The quantitative estimate of drug-likeness (QED) is 0.325. The Bertz CT molecular complexity index is 667. The van der Waals surface area contributed by atoms with Gasteiger partial charge in [-0.3, -0.25) is 0 Å². The Labute approximate surface area is 251 Å². The molecule has 0 radical (unpaired) electrons. The van der Waals surface area contributed by atoms with E-state index in [9.17, 15) is 0 Å². The van der Waals surface area contributed by atoms with Crippen LogP contribution in [0.25, 0.3) is 0 Å². The Hall–Kier alpha value is -0.940. The lowest BCUT2D eigenvalue weighted by Crippen LogP contribution is -2.45. The highest BCUT2D eigenvalue weighted by Gasteiger charge is 2.14. The monoisotopic (exact) mass is 559 g/mol. The molecule has 3 fully saturated rings. The van der Waals surface area contributed by atoms with E-state index in [1.807, 2.05) is 0 Å². The zero-order valence-electron chi connectivity index (χ0n) is 28.5. The number of piperidine rings is 1. The summed E-state index contributed by atoms with van der Waals surface area (Å²) in [4.78, 5) is 10.1. The Morgan fingerprint density at radius 3 is 1.23 bits per heavy atom. The summed E-state index contributed by atoms with van der Waals surface area (Å²) < 4.78 is 0. The van der Waals surface area contributed by atoms with Crippen LogP contribution in [-0.2, 0) is 6.42 Å². The third-order valence-electron chi connectivity index (χ3n) is 7.60. The Morgan fingerprint density at radius 2 is 0.850 bits per heavy atom. The summed E-state index contributed by atoms with van der Waals surface area (Å²) in [5.41, 5.74) is 1.44. The third-order valence-corrected chi connectivity index (χ3v) is 7.60. The molecule has 3 aliphatic heterocycles. The van der Waals surface area contributed by atoms with Gasteiger partial charge >= 0.3 is 0 Å². The van der Waals surface area contributed by atoms with Crippen LogP contribution >= 0.6 is 0 Å². The first-order valence-corrected chi connectivity index (χ1v) is 16.9. The predicted molar refractivity (Wildman–Crippen MR) is 179 cm³/mol. The van der Waals surface area contributed by atoms with Crippen molar-refractivity contribution in [1.29, 1.82) is 0 Å². The molecular weight excluding hydrogens is 488 g/mol. The second-order valence-electron chi connectivity index (χ2n) is 14.2. The molecule has 0 saturated carbocycles. The maximum atomic E-state index is 2.59. The second kappa shape index (κ2) is 22.6. The van der Waals surface area contributed by atoms with Gasteiger partial charge in [0.2, 0.25) is 0 Å². The van der Waals surface area contributed by atoms with E-state index in [1.54, 1.807) is 0 Å². The molecular formula is C36H70N4. The number of nitrogens with zero attached hydrogens (tertiary/aromatic N) is 4. The SMILES string of the molecule is CC(C)CN1CCCC1.CC(C)CN1CCCCC1.CC(C)CN1CCN(C)CC1.CC(C)Cc1ccccc1. The van der Waals surface area contributed by atoms with Gasteiger partial charge < -0.3 is 19.6 Å². The molecule has 0 spiro atoms. The van der Waals surface area contributed by atoms with E-state index in [2.05, 4.69) is 112 Å². The zero-order valence-corrected chi connectivity index (χ0v) is 28.5. The number of hydrogen-bond acceptors (Lipinski definition) is 4. The summed E-state index contributed by atoms with van der Waals surface area (Å²) in [5.74, 6) is 3.28. The van der Waals surface area contributed by atoms with Crippen LogP contribution < -0.4 is 0 Å². The normalized spacial score (nSPS) is 19.2. The first-order chi connectivity index (χ1) is 19.0. The van der Waals surface area contributed by atoms with Gasteiger partial charge in [0.15, 0.2) is 0 Å². The van der Waals surface area contributed by atoms with Crippen molar-refractivity contribution < 1.29 is 0 Å². The van der Waals surface area contributed by atoms with Crippen LogP contribution in [0.15, 0.2) is 30.3 Å². The highest BCUT2D eigenvalue weighted by Crippen LogP contribution is 2.11. The maximum absolute atomic E-state index is 2.59. The van der Waals surface area contributed by atoms with E-state index < -0.39 is 0 Å². The molecule has 0 amide bonds. The van der Waals surface area contributed by atoms with Gasteiger partial charge in [-0.15, -0.1) is 0 Å². The fourth-order valence-electron chi connectivity index (χ4n) is 5.77. The molecule has 40 heavy (non-hydrogen) atoms. The minimum Gasteiger partial charge on any atom is -0.304 e. The summed E-state index contributed by atoms with van der Waals surface area (Å²) >= 11 is 0. The molecule has 0 N–H and O–H groups in total. The van der Waals surface area contributed by atoms with Crippen LogP contribution in [0.2, 0.25) is 0 Å². The van der Waals surface area contributed by atoms with Crippen LogP contribution in [0.5, 0.6) is 0 Å². The van der Waals surface area contributed by atoms with Crippen molar-refractivity contribution in [3.63, 3.8) is 0 Å². The first-order valence-electron chi connectivity index (χ1n) is 16.9. The predicted octanol–water partition coefficient (Wildman–Crippen LogP) is 7.64. The molecule has 0 bridgehead atoms. The molecule has 3 saturated heterocycles. The Morgan fingerprint density at radius 1 is 0.475 bits per heavy atom. The molecule has 0 aliphatic carbocycles. The number of benzene rings is 1. The van der Waals surface area contributed by atoms with Crippen molar-refractivity contribution in [1.82, 2.24) is 19.6 Å². The van der Waals surface area contributed by atoms with Crippen molar-refractivity contribution in [3.05, 3.63) is 35.9 Å². The van der Waals surface area contributed by atoms with Crippen molar-refractivity contribution in [3.8, 4) is 0 Å². The summed E-state index contributed by atoms with van der Waals surface area (Å²) in [6.45, 7) is 32.5. The van der Waals surface area contributed by atoms with Crippen LogP contribution in [0, 0.1) is 23.7 Å². The van der Waals surface area contributed by atoms with Gasteiger partial charge in [0.05, 0.1) is 0 Å². The lowest BCUT2D eigenvalue weighted by molar-refractivity contribution is 0.141. The minimum absolute atomic E-state index is 0.766. The van der Waals surface area contributed by atoms with E-state index in [0.29, 0.717) is 0 Å². The molecule has 0 atom stereocenters. The second-order valence-corrected chi connectivity index (χ2v) is 14.2. The van der Waals surface area contributed by atoms with Gasteiger partial charge in [0.1, 0.15) is 0 Å². The van der Waals surface area contributed by atoms with E-state index in [1.165, 1.54) is 116 Å². The lowest BCUT2D eigenvalue weighted by Gasteiger charge is -2.33. The average molecular weight is 559 g/mol. The number of piperazine rings is 1. The zero-order chi connectivity index (χ0) is 29.8. The number of rotatable bonds is 8. The Kier molecular flexibility index (Phi) is 21.0. The van der Waals surface area contributed by atoms with Crippen LogP contribution in [0.4, 0.5) is 0 Å². The molecule has 234 valence electrons. The highest BCUT2D eigenvalue weighted by atomic mass is 15.2. The van der Waals surface area contributed by atoms with Gasteiger partial charge in [-0.2, -0.15) is 0 Å². The van der Waals surface area contributed by atoms with Gasteiger partial charge in [-0.25, -0.2) is 0 Å². The molecule has 4 rings (SSSR count). The van der Waals surface area contributed by atoms with Crippen molar-refractivity contribution in [2.75, 3.05) is 79.0 Å². The molecule has 3 aliphatic rings. The highest BCUT2D eigenvalue weighted by molar-refractivity contribution is 5.14. The minimum atomic E-state index is 0.766. The van der Waals surface area contributed by atoms with Gasteiger partial charge in [0.25, 0.3) is 0 Å². The molecule has 4 nitrogen and oxygen atoms in total. The molecule has 0 unspecified atom stereocenters. The van der Waals surface area contributed by atoms with Crippen LogP contribution in [-0.4, -0.2) is 98.6 Å². The van der Waals surface area contributed by atoms with Crippen molar-refractivity contribution in [2.45, 2.75) is 93.9 Å². The topological polar surface area (TPSA) is 13.0 Å². The largest absolute Gasteiger partial charge is 0.304 e. The first kappa shape index (κ1) is 37.1. The number of likely N-dealkylation sites (tertiary alicyclic amines) is 2. The lowest BCUT2D eigenvalue weighted by atomic mass is 10.0. The van der Waals surface area contributed by atoms with Crippen molar-refractivity contribution in [2.24, 2.45) is 23.7 Å². The van der Waals surface area contributed by atoms with Gasteiger partial charge in [-0.05, 0) is 94.6 Å². The molecule has 1 aromatic carbocycles. The summed E-state index contributed by atoms with van der Waals surface area (Å²) in [5, 5.41) is 0. The number of likely N-dealkylation sites (N-methyl/N-ethyl adjacent to an activating group) is 1. The Balaban J connectivity index is 0.000000267. The van der Waals surface area contributed by atoms with Gasteiger partial charge in [-0.1, -0.05) is 92.1 Å². The van der Waals surface area contributed by atoms with Crippen LogP contribution in [0.3, 0.4) is 0 Å². The van der Waals surface area contributed by atoms with E-state index >= 15 is 0 Å². The average Bonchev–Trinajstić information content (AvgIpc) is 3.39. The van der Waals surface area contributed by atoms with E-state index in [0.717, 1.165) is 23.7 Å². The maximum Gasteiger partial charge on any atom is 0.0110 e.